The fourth-order valence-corrected chi connectivity index (χ4v) is 3.36. The zero-order valence-corrected chi connectivity index (χ0v) is 13.0. The van der Waals surface area contributed by atoms with E-state index in [1.807, 2.05) is 42.5 Å². The second-order valence-electron chi connectivity index (χ2n) is 6.00. The van der Waals surface area contributed by atoms with E-state index in [2.05, 4.69) is 13.0 Å². The normalized spacial score (nSPS) is 17.1. The Bertz CT molecular complexity index is 875. The van der Waals surface area contributed by atoms with E-state index < -0.39 is 0 Å². The number of hydrogen-bond acceptors (Lipinski definition) is 3. The molecule has 3 aromatic rings. The van der Waals surface area contributed by atoms with Crippen molar-refractivity contribution in [2.75, 3.05) is 0 Å². The SMILES string of the molecule is CCC[C@H]1Cc2oc3ccccc3c2-c2ccccc2OC1=O. The Morgan fingerprint density at radius 3 is 2.74 bits per heavy atom. The van der Waals surface area contributed by atoms with Crippen LogP contribution in [-0.4, -0.2) is 5.97 Å². The summed E-state index contributed by atoms with van der Waals surface area (Å²) in [5, 5.41) is 1.07. The molecule has 0 unspecified atom stereocenters. The molecule has 2 heterocycles. The Labute approximate surface area is 134 Å². The average Bonchev–Trinajstić information content (AvgIpc) is 2.91. The first-order valence-electron chi connectivity index (χ1n) is 8.09. The van der Waals surface area contributed by atoms with E-state index in [1.165, 1.54) is 0 Å². The van der Waals surface area contributed by atoms with Gasteiger partial charge in [-0.2, -0.15) is 0 Å². The summed E-state index contributed by atoms with van der Waals surface area (Å²) in [5.74, 6) is 1.18. The highest BCUT2D eigenvalue weighted by Gasteiger charge is 2.29. The number of hydrogen-bond donors (Lipinski definition) is 0. The number of carbonyl (C=O) groups excluding carboxylic acids is 1. The first-order chi connectivity index (χ1) is 11.3. The van der Waals surface area contributed by atoms with Crippen molar-refractivity contribution in [3.05, 3.63) is 54.3 Å². The molecule has 1 aliphatic heterocycles. The minimum Gasteiger partial charge on any atom is -0.460 e. The number of esters is 1. The van der Waals surface area contributed by atoms with Crippen LogP contribution < -0.4 is 4.74 Å². The molecule has 1 aromatic heterocycles. The molecule has 0 N–H and O–H groups in total. The van der Waals surface area contributed by atoms with Gasteiger partial charge in [0.05, 0.1) is 5.92 Å². The van der Waals surface area contributed by atoms with Crippen LogP contribution in [-0.2, 0) is 11.2 Å². The van der Waals surface area contributed by atoms with E-state index in [-0.39, 0.29) is 11.9 Å². The quantitative estimate of drug-likeness (QED) is 0.495. The molecule has 0 saturated heterocycles. The molecule has 4 rings (SSSR count). The maximum atomic E-state index is 12.5. The van der Waals surface area contributed by atoms with E-state index >= 15 is 0 Å². The van der Waals surface area contributed by atoms with Gasteiger partial charge in [-0.15, -0.1) is 0 Å². The van der Waals surface area contributed by atoms with Gasteiger partial charge in [-0.1, -0.05) is 49.7 Å². The molecule has 0 saturated carbocycles. The lowest BCUT2D eigenvalue weighted by molar-refractivity contribution is -0.139. The molecule has 0 amide bonds. The van der Waals surface area contributed by atoms with Crippen molar-refractivity contribution in [2.45, 2.75) is 26.2 Å². The summed E-state index contributed by atoms with van der Waals surface area (Å²) in [4.78, 5) is 12.5. The molecular formula is C20H18O3. The lowest BCUT2D eigenvalue weighted by Gasteiger charge is -2.20. The molecule has 0 radical (unpaired) electrons. The molecule has 0 spiro atoms. The molecule has 1 atom stereocenters. The van der Waals surface area contributed by atoms with E-state index in [0.29, 0.717) is 12.2 Å². The molecule has 23 heavy (non-hydrogen) atoms. The van der Waals surface area contributed by atoms with Gasteiger partial charge in [-0.3, -0.25) is 4.79 Å². The van der Waals surface area contributed by atoms with Crippen LogP contribution in [0.2, 0.25) is 0 Å². The molecule has 116 valence electrons. The van der Waals surface area contributed by atoms with E-state index in [9.17, 15) is 4.79 Å². The Morgan fingerprint density at radius 1 is 1.09 bits per heavy atom. The van der Waals surface area contributed by atoms with Crippen molar-refractivity contribution in [1.82, 2.24) is 0 Å². The zero-order chi connectivity index (χ0) is 15.8. The van der Waals surface area contributed by atoms with Gasteiger partial charge in [0.15, 0.2) is 0 Å². The van der Waals surface area contributed by atoms with Crippen LogP contribution in [0.4, 0.5) is 0 Å². The third kappa shape index (κ3) is 2.33. The fraction of sp³-hybridized carbons (Fsp3) is 0.250. The monoisotopic (exact) mass is 306 g/mol. The topological polar surface area (TPSA) is 39.4 Å². The van der Waals surface area contributed by atoms with Crippen molar-refractivity contribution >= 4 is 16.9 Å². The van der Waals surface area contributed by atoms with Crippen LogP contribution >= 0.6 is 0 Å². The molecule has 0 fully saturated rings. The van der Waals surface area contributed by atoms with Crippen LogP contribution in [0.15, 0.2) is 52.9 Å². The van der Waals surface area contributed by atoms with Crippen LogP contribution in [0.25, 0.3) is 22.1 Å². The van der Waals surface area contributed by atoms with E-state index in [1.54, 1.807) is 0 Å². The van der Waals surface area contributed by atoms with Gasteiger partial charge in [0, 0.05) is 22.9 Å². The number of benzene rings is 2. The average molecular weight is 306 g/mol. The molecule has 1 aliphatic rings. The predicted molar refractivity (Wildman–Crippen MR) is 89.4 cm³/mol. The Hall–Kier alpha value is -2.55. The lowest BCUT2D eigenvalue weighted by Crippen LogP contribution is -2.24. The van der Waals surface area contributed by atoms with Crippen LogP contribution in [0.1, 0.15) is 25.5 Å². The smallest absolute Gasteiger partial charge is 0.314 e. The van der Waals surface area contributed by atoms with Gasteiger partial charge in [0.2, 0.25) is 0 Å². The molecule has 0 aliphatic carbocycles. The third-order valence-corrected chi connectivity index (χ3v) is 4.44. The second kappa shape index (κ2) is 5.58. The standard InChI is InChI=1S/C20H18O3/c1-2-7-13-12-18-19(14-8-3-5-10-16(14)22-18)15-9-4-6-11-17(15)23-20(13)21/h3-6,8-11,13H,2,7,12H2,1H3/t13-/m0/s1. The minimum absolute atomic E-state index is 0.160. The molecular weight excluding hydrogens is 288 g/mol. The first kappa shape index (κ1) is 14.1. The van der Waals surface area contributed by atoms with Gasteiger partial charge in [0.25, 0.3) is 0 Å². The third-order valence-electron chi connectivity index (χ3n) is 4.44. The Balaban J connectivity index is 1.98. The fourth-order valence-electron chi connectivity index (χ4n) is 3.36. The largest absolute Gasteiger partial charge is 0.460 e. The van der Waals surface area contributed by atoms with Gasteiger partial charge < -0.3 is 9.15 Å². The number of ether oxygens (including phenoxy) is 1. The van der Waals surface area contributed by atoms with Gasteiger partial charge in [-0.25, -0.2) is 0 Å². The summed E-state index contributed by atoms with van der Waals surface area (Å²) in [6, 6.07) is 15.7. The summed E-state index contributed by atoms with van der Waals surface area (Å²) >= 11 is 0. The van der Waals surface area contributed by atoms with Crippen LogP contribution in [0.3, 0.4) is 0 Å². The molecule has 2 aromatic carbocycles. The summed E-state index contributed by atoms with van der Waals surface area (Å²) in [7, 11) is 0. The van der Waals surface area contributed by atoms with Gasteiger partial charge in [0.1, 0.15) is 17.1 Å². The first-order valence-corrected chi connectivity index (χ1v) is 8.09. The van der Waals surface area contributed by atoms with E-state index in [0.717, 1.165) is 40.7 Å². The van der Waals surface area contributed by atoms with Crippen molar-refractivity contribution < 1.29 is 13.9 Å². The number of rotatable bonds is 2. The predicted octanol–water partition coefficient (Wildman–Crippen LogP) is 4.98. The number of para-hydroxylation sites is 2. The van der Waals surface area contributed by atoms with Crippen LogP contribution in [0, 0.1) is 5.92 Å². The maximum absolute atomic E-state index is 12.5. The van der Waals surface area contributed by atoms with Crippen molar-refractivity contribution in [2.24, 2.45) is 5.92 Å². The summed E-state index contributed by atoms with van der Waals surface area (Å²) in [6.45, 7) is 2.08. The molecule has 3 heteroatoms. The van der Waals surface area contributed by atoms with Crippen molar-refractivity contribution in [3.63, 3.8) is 0 Å². The Morgan fingerprint density at radius 2 is 1.87 bits per heavy atom. The maximum Gasteiger partial charge on any atom is 0.314 e. The summed E-state index contributed by atoms with van der Waals surface area (Å²) in [6.07, 6.45) is 2.33. The lowest BCUT2D eigenvalue weighted by atomic mass is 9.92. The van der Waals surface area contributed by atoms with Gasteiger partial charge in [-0.05, 0) is 18.6 Å². The van der Waals surface area contributed by atoms with Crippen molar-refractivity contribution in [3.8, 4) is 16.9 Å². The highest BCUT2D eigenvalue weighted by atomic mass is 16.5. The Kier molecular flexibility index (Phi) is 3.41. The van der Waals surface area contributed by atoms with Crippen molar-refractivity contribution in [1.29, 1.82) is 0 Å². The number of fused-ring (bicyclic) bond motifs is 5. The van der Waals surface area contributed by atoms with Gasteiger partial charge >= 0.3 is 5.97 Å². The second-order valence-corrected chi connectivity index (χ2v) is 6.00. The zero-order valence-electron chi connectivity index (χ0n) is 13.0. The highest BCUT2D eigenvalue weighted by molar-refractivity contribution is 5.98. The van der Waals surface area contributed by atoms with Crippen LogP contribution in [0.5, 0.6) is 5.75 Å². The summed E-state index contributed by atoms with van der Waals surface area (Å²) < 4.78 is 11.8. The minimum atomic E-state index is -0.162. The number of carbonyl (C=O) groups is 1. The molecule has 0 bridgehead atoms. The summed E-state index contributed by atoms with van der Waals surface area (Å²) in [5.41, 5.74) is 2.84. The highest BCUT2D eigenvalue weighted by Crippen LogP contribution is 2.42. The van der Waals surface area contributed by atoms with E-state index in [4.69, 9.17) is 9.15 Å². The molecule has 3 nitrogen and oxygen atoms in total. The number of furan rings is 1.